The second-order valence-electron chi connectivity index (χ2n) is 4.81. The largest absolute Gasteiger partial charge is 0.490 e. The van der Waals surface area contributed by atoms with Crippen molar-refractivity contribution in [3.63, 3.8) is 0 Å². The van der Waals surface area contributed by atoms with Crippen LogP contribution < -0.4 is 9.47 Å². The quantitative estimate of drug-likeness (QED) is 0.885. The van der Waals surface area contributed by atoms with Gasteiger partial charge in [-0.3, -0.25) is 0 Å². The van der Waals surface area contributed by atoms with Crippen LogP contribution in [0.5, 0.6) is 11.5 Å². The van der Waals surface area contributed by atoms with Crippen LogP contribution in [-0.2, 0) is 9.84 Å². The molecule has 2 rings (SSSR count). The fraction of sp³-hybridized carbons (Fsp3) is 0.538. The van der Waals surface area contributed by atoms with Crippen LogP contribution in [0, 0.1) is 0 Å². The van der Waals surface area contributed by atoms with Gasteiger partial charge in [-0.25, -0.2) is 8.42 Å². The van der Waals surface area contributed by atoms with Crippen LogP contribution in [0.3, 0.4) is 0 Å². The number of aliphatic hydroxyl groups excluding tert-OH is 1. The molecule has 1 atom stereocenters. The number of hydrogen-bond acceptors (Lipinski definition) is 5. The number of fused-ring (bicyclic) bond motifs is 1. The maximum absolute atomic E-state index is 11.1. The summed E-state index contributed by atoms with van der Waals surface area (Å²) in [7, 11) is -3.09. The number of sulfone groups is 1. The van der Waals surface area contributed by atoms with Crippen molar-refractivity contribution >= 4 is 25.8 Å². The van der Waals surface area contributed by atoms with Crippen molar-refractivity contribution in [1.82, 2.24) is 0 Å². The van der Waals surface area contributed by atoms with Crippen LogP contribution in [0.2, 0.25) is 0 Å². The third-order valence-corrected chi connectivity index (χ3v) is 4.54. The molecular weight excluding hydrogens is 348 g/mol. The smallest absolute Gasteiger partial charge is 0.175 e. The average molecular weight is 365 g/mol. The van der Waals surface area contributed by atoms with Crippen molar-refractivity contribution < 1.29 is 23.0 Å². The second-order valence-corrected chi connectivity index (χ2v) is 7.93. The van der Waals surface area contributed by atoms with E-state index in [1.807, 2.05) is 0 Å². The maximum atomic E-state index is 11.1. The zero-order chi connectivity index (χ0) is 14.8. The van der Waals surface area contributed by atoms with Crippen LogP contribution in [0.15, 0.2) is 16.6 Å². The summed E-state index contributed by atoms with van der Waals surface area (Å²) in [5, 5.41) is 10.1. The number of ether oxygens (including phenoxy) is 2. The molecule has 20 heavy (non-hydrogen) atoms. The highest BCUT2D eigenvalue weighted by Crippen LogP contribution is 2.39. The van der Waals surface area contributed by atoms with Crippen molar-refractivity contribution in [2.45, 2.75) is 18.9 Å². The van der Waals surface area contributed by atoms with Gasteiger partial charge < -0.3 is 14.6 Å². The molecule has 5 nitrogen and oxygen atoms in total. The van der Waals surface area contributed by atoms with E-state index in [4.69, 9.17) is 9.47 Å². The van der Waals surface area contributed by atoms with Crippen LogP contribution in [0.25, 0.3) is 0 Å². The summed E-state index contributed by atoms with van der Waals surface area (Å²) < 4.78 is 34.2. The standard InChI is InChI=1S/C13H17BrO5S/c1-20(16,17)6-3-11(15)9-7-10(14)13-12(8-9)18-4-2-5-19-13/h7-8,11,15H,2-6H2,1H3. The van der Waals surface area contributed by atoms with Gasteiger partial charge in [0, 0.05) is 12.7 Å². The van der Waals surface area contributed by atoms with E-state index in [0.717, 1.165) is 12.7 Å². The highest BCUT2D eigenvalue weighted by atomic mass is 79.9. The molecule has 0 radical (unpaired) electrons. The first-order valence-electron chi connectivity index (χ1n) is 6.31. The molecule has 0 aromatic heterocycles. The molecule has 0 aliphatic carbocycles. The van der Waals surface area contributed by atoms with E-state index >= 15 is 0 Å². The van der Waals surface area contributed by atoms with E-state index in [-0.39, 0.29) is 12.2 Å². The molecule has 0 fully saturated rings. The summed E-state index contributed by atoms with van der Waals surface area (Å²) in [6.45, 7) is 1.14. The third-order valence-electron chi connectivity index (χ3n) is 2.97. The first-order valence-corrected chi connectivity index (χ1v) is 9.17. The zero-order valence-corrected chi connectivity index (χ0v) is 13.5. The van der Waals surface area contributed by atoms with Crippen molar-refractivity contribution in [2.75, 3.05) is 25.2 Å². The Morgan fingerprint density at radius 3 is 2.75 bits per heavy atom. The van der Waals surface area contributed by atoms with Gasteiger partial charge in [0.05, 0.1) is 29.5 Å². The zero-order valence-electron chi connectivity index (χ0n) is 11.1. The minimum atomic E-state index is -3.09. The summed E-state index contributed by atoms with van der Waals surface area (Å²) in [6.07, 6.45) is 1.26. The number of aliphatic hydroxyl groups is 1. The molecule has 0 saturated heterocycles. The molecule has 1 aliphatic rings. The second kappa shape index (κ2) is 6.32. The predicted octanol–water partition coefficient (Wildman–Crippen LogP) is 2.08. The van der Waals surface area contributed by atoms with E-state index in [0.29, 0.717) is 34.7 Å². The van der Waals surface area contributed by atoms with Crippen molar-refractivity contribution in [3.05, 3.63) is 22.2 Å². The molecule has 7 heteroatoms. The summed E-state index contributed by atoms with van der Waals surface area (Å²) in [4.78, 5) is 0. The van der Waals surface area contributed by atoms with E-state index in [2.05, 4.69) is 15.9 Å². The highest BCUT2D eigenvalue weighted by Gasteiger charge is 2.19. The molecular formula is C13H17BrO5S. The van der Waals surface area contributed by atoms with Crippen molar-refractivity contribution in [2.24, 2.45) is 0 Å². The van der Waals surface area contributed by atoms with Gasteiger partial charge in [0.2, 0.25) is 0 Å². The molecule has 1 unspecified atom stereocenters. The fourth-order valence-corrected chi connectivity index (χ4v) is 3.16. The molecule has 1 aliphatic heterocycles. The first kappa shape index (κ1) is 15.6. The lowest BCUT2D eigenvalue weighted by atomic mass is 10.1. The molecule has 0 saturated carbocycles. The van der Waals surface area contributed by atoms with Gasteiger partial charge in [-0.1, -0.05) is 0 Å². The molecule has 0 amide bonds. The Labute approximate surface area is 126 Å². The average Bonchev–Trinajstić information content (AvgIpc) is 2.60. The number of hydrogen-bond donors (Lipinski definition) is 1. The van der Waals surface area contributed by atoms with Crippen LogP contribution >= 0.6 is 15.9 Å². The molecule has 0 bridgehead atoms. The van der Waals surface area contributed by atoms with Gasteiger partial charge in [0.25, 0.3) is 0 Å². The van der Waals surface area contributed by atoms with Crippen LogP contribution in [0.4, 0.5) is 0 Å². The molecule has 1 aromatic carbocycles. The van der Waals surface area contributed by atoms with Gasteiger partial charge >= 0.3 is 0 Å². The molecule has 1 N–H and O–H groups in total. The Hall–Kier alpha value is -0.790. The number of benzene rings is 1. The molecule has 1 aromatic rings. The summed E-state index contributed by atoms with van der Waals surface area (Å²) in [5.41, 5.74) is 0.616. The summed E-state index contributed by atoms with van der Waals surface area (Å²) in [6, 6.07) is 3.44. The Morgan fingerprint density at radius 2 is 2.05 bits per heavy atom. The Morgan fingerprint density at radius 1 is 1.35 bits per heavy atom. The Kier molecular flexibility index (Phi) is 4.93. The maximum Gasteiger partial charge on any atom is 0.175 e. The van der Waals surface area contributed by atoms with Gasteiger partial charge in [0.15, 0.2) is 11.5 Å². The van der Waals surface area contributed by atoms with Gasteiger partial charge in [-0.15, -0.1) is 0 Å². The van der Waals surface area contributed by atoms with Crippen LogP contribution in [-0.4, -0.2) is 38.7 Å². The molecule has 112 valence electrons. The van der Waals surface area contributed by atoms with E-state index in [1.165, 1.54) is 0 Å². The van der Waals surface area contributed by atoms with Crippen molar-refractivity contribution in [3.8, 4) is 11.5 Å². The first-order chi connectivity index (χ1) is 9.37. The highest BCUT2D eigenvalue weighted by molar-refractivity contribution is 9.10. The predicted molar refractivity (Wildman–Crippen MR) is 79.0 cm³/mol. The molecule has 0 spiro atoms. The minimum Gasteiger partial charge on any atom is -0.490 e. The normalized spacial score (nSPS) is 16.6. The summed E-state index contributed by atoms with van der Waals surface area (Å²) >= 11 is 3.39. The topological polar surface area (TPSA) is 72.8 Å². The lowest BCUT2D eigenvalue weighted by Gasteiger charge is -2.15. The molecule has 1 heterocycles. The minimum absolute atomic E-state index is 0.0553. The van der Waals surface area contributed by atoms with Gasteiger partial charge in [-0.05, 0) is 40.0 Å². The Bertz CT molecular complexity index is 585. The van der Waals surface area contributed by atoms with Gasteiger partial charge in [0.1, 0.15) is 9.84 Å². The number of halogens is 1. The lowest BCUT2D eigenvalue weighted by Crippen LogP contribution is -2.08. The number of rotatable bonds is 4. The van der Waals surface area contributed by atoms with E-state index in [1.54, 1.807) is 12.1 Å². The Balaban J connectivity index is 2.20. The third kappa shape index (κ3) is 4.10. The van der Waals surface area contributed by atoms with E-state index in [9.17, 15) is 13.5 Å². The SMILES string of the molecule is CS(=O)(=O)CCC(O)c1cc(Br)c2c(c1)OCCCO2. The van der Waals surface area contributed by atoms with E-state index < -0.39 is 15.9 Å². The lowest BCUT2D eigenvalue weighted by molar-refractivity contribution is 0.173. The fourth-order valence-electron chi connectivity index (χ4n) is 1.94. The van der Waals surface area contributed by atoms with Gasteiger partial charge in [-0.2, -0.15) is 0 Å². The van der Waals surface area contributed by atoms with Crippen LogP contribution in [0.1, 0.15) is 24.5 Å². The monoisotopic (exact) mass is 364 g/mol. The summed E-state index contributed by atoms with van der Waals surface area (Å²) in [5.74, 6) is 1.15. The van der Waals surface area contributed by atoms with Crippen molar-refractivity contribution in [1.29, 1.82) is 0 Å².